The van der Waals surface area contributed by atoms with Gasteiger partial charge in [0.25, 0.3) is 0 Å². The molecule has 0 aliphatic carbocycles. The SMILES string of the molecule is COc1ccc2cccc(CCCC(=O)NCC(C)C)c2c1. The first-order chi connectivity index (χ1) is 10.6. The number of hydrogen-bond donors (Lipinski definition) is 1. The topological polar surface area (TPSA) is 38.3 Å². The second-order valence-corrected chi connectivity index (χ2v) is 6.06. The van der Waals surface area contributed by atoms with Gasteiger partial charge < -0.3 is 10.1 Å². The van der Waals surface area contributed by atoms with Gasteiger partial charge in [-0.25, -0.2) is 0 Å². The van der Waals surface area contributed by atoms with Crippen LogP contribution >= 0.6 is 0 Å². The molecule has 0 fully saturated rings. The van der Waals surface area contributed by atoms with Crippen molar-refractivity contribution in [3.8, 4) is 5.75 Å². The number of amides is 1. The van der Waals surface area contributed by atoms with Crippen LogP contribution in [0.4, 0.5) is 0 Å². The number of ether oxygens (including phenoxy) is 1. The van der Waals surface area contributed by atoms with Crippen molar-refractivity contribution in [2.45, 2.75) is 33.1 Å². The Labute approximate surface area is 132 Å². The van der Waals surface area contributed by atoms with E-state index in [1.807, 2.05) is 6.07 Å². The van der Waals surface area contributed by atoms with Crippen LogP contribution in [0.1, 0.15) is 32.3 Å². The van der Waals surface area contributed by atoms with Crippen molar-refractivity contribution < 1.29 is 9.53 Å². The molecule has 3 nitrogen and oxygen atoms in total. The van der Waals surface area contributed by atoms with Crippen LogP contribution in [0, 0.1) is 5.92 Å². The molecule has 0 bridgehead atoms. The first-order valence-electron chi connectivity index (χ1n) is 7.92. The lowest BCUT2D eigenvalue weighted by atomic mass is 10.00. The van der Waals surface area contributed by atoms with Crippen LogP contribution in [0.2, 0.25) is 0 Å². The largest absolute Gasteiger partial charge is 0.497 e. The summed E-state index contributed by atoms with van der Waals surface area (Å²) >= 11 is 0. The summed E-state index contributed by atoms with van der Waals surface area (Å²) in [5.74, 6) is 1.51. The summed E-state index contributed by atoms with van der Waals surface area (Å²) in [6, 6.07) is 12.4. The molecule has 1 amide bonds. The highest BCUT2D eigenvalue weighted by Crippen LogP contribution is 2.25. The molecule has 2 aromatic carbocycles. The molecule has 0 spiro atoms. The lowest BCUT2D eigenvalue weighted by molar-refractivity contribution is -0.121. The van der Waals surface area contributed by atoms with Crippen molar-refractivity contribution in [1.82, 2.24) is 5.32 Å². The van der Waals surface area contributed by atoms with Gasteiger partial charge in [0.15, 0.2) is 0 Å². The van der Waals surface area contributed by atoms with Gasteiger partial charge in [0.05, 0.1) is 7.11 Å². The van der Waals surface area contributed by atoms with E-state index in [9.17, 15) is 4.79 Å². The number of hydrogen-bond acceptors (Lipinski definition) is 2. The third-order valence-corrected chi connectivity index (χ3v) is 3.74. The van der Waals surface area contributed by atoms with Crippen molar-refractivity contribution in [1.29, 1.82) is 0 Å². The molecular formula is C19H25NO2. The maximum atomic E-state index is 11.8. The standard InChI is InChI=1S/C19H25NO2/c1-14(2)13-20-19(21)9-5-8-15-6-4-7-16-10-11-17(22-3)12-18(15)16/h4,6-7,10-12,14H,5,8-9,13H2,1-3H3,(H,20,21). The summed E-state index contributed by atoms with van der Waals surface area (Å²) in [4.78, 5) is 11.8. The van der Waals surface area contributed by atoms with E-state index in [4.69, 9.17) is 4.74 Å². The first kappa shape index (κ1) is 16.3. The molecule has 0 aliphatic rings. The minimum absolute atomic E-state index is 0.145. The molecule has 2 rings (SSSR count). The van der Waals surface area contributed by atoms with Crippen molar-refractivity contribution in [2.75, 3.05) is 13.7 Å². The van der Waals surface area contributed by atoms with Gasteiger partial charge in [-0.2, -0.15) is 0 Å². The fourth-order valence-corrected chi connectivity index (χ4v) is 2.51. The highest BCUT2D eigenvalue weighted by Gasteiger charge is 2.06. The van der Waals surface area contributed by atoms with Gasteiger partial charge in [-0.05, 0) is 47.2 Å². The molecule has 0 heterocycles. The minimum atomic E-state index is 0.145. The molecule has 22 heavy (non-hydrogen) atoms. The van der Waals surface area contributed by atoms with E-state index < -0.39 is 0 Å². The lowest BCUT2D eigenvalue weighted by Gasteiger charge is -2.09. The number of fused-ring (bicyclic) bond motifs is 1. The fraction of sp³-hybridized carbons (Fsp3) is 0.421. The fourth-order valence-electron chi connectivity index (χ4n) is 2.51. The highest BCUT2D eigenvalue weighted by molar-refractivity contribution is 5.87. The Kier molecular flexibility index (Phi) is 5.82. The van der Waals surface area contributed by atoms with E-state index in [0.29, 0.717) is 12.3 Å². The number of methoxy groups -OCH3 is 1. The monoisotopic (exact) mass is 299 g/mol. The van der Waals surface area contributed by atoms with Crippen LogP contribution in [0.25, 0.3) is 10.8 Å². The first-order valence-corrected chi connectivity index (χ1v) is 7.92. The highest BCUT2D eigenvalue weighted by atomic mass is 16.5. The summed E-state index contributed by atoms with van der Waals surface area (Å²) < 4.78 is 5.31. The number of carbonyl (C=O) groups excluding carboxylic acids is 1. The molecule has 1 N–H and O–H groups in total. The molecule has 0 aliphatic heterocycles. The van der Waals surface area contributed by atoms with Gasteiger partial charge in [-0.15, -0.1) is 0 Å². The van der Waals surface area contributed by atoms with Crippen molar-refractivity contribution in [3.63, 3.8) is 0 Å². The molecule has 0 aromatic heterocycles. The van der Waals surface area contributed by atoms with E-state index in [1.165, 1.54) is 16.3 Å². The van der Waals surface area contributed by atoms with Gasteiger partial charge in [0.1, 0.15) is 5.75 Å². The Morgan fingerprint density at radius 2 is 2.05 bits per heavy atom. The van der Waals surface area contributed by atoms with E-state index in [1.54, 1.807) is 7.11 Å². The van der Waals surface area contributed by atoms with Crippen LogP contribution in [-0.4, -0.2) is 19.6 Å². The Hall–Kier alpha value is -2.03. The molecule has 3 heteroatoms. The number of benzene rings is 2. The lowest BCUT2D eigenvalue weighted by Crippen LogP contribution is -2.27. The smallest absolute Gasteiger partial charge is 0.220 e. The Bertz CT molecular complexity index is 634. The normalized spacial score (nSPS) is 10.9. The summed E-state index contributed by atoms with van der Waals surface area (Å²) in [6.45, 7) is 4.96. The van der Waals surface area contributed by atoms with Crippen LogP contribution in [0.5, 0.6) is 5.75 Å². The Morgan fingerprint density at radius 1 is 1.23 bits per heavy atom. The van der Waals surface area contributed by atoms with Gasteiger partial charge in [0, 0.05) is 13.0 Å². The summed E-state index contributed by atoms with van der Waals surface area (Å²) in [7, 11) is 1.68. The van der Waals surface area contributed by atoms with Crippen molar-refractivity contribution in [2.24, 2.45) is 5.92 Å². The zero-order valence-corrected chi connectivity index (χ0v) is 13.7. The second-order valence-electron chi connectivity index (χ2n) is 6.06. The third kappa shape index (κ3) is 4.48. The molecule has 118 valence electrons. The predicted molar refractivity (Wildman–Crippen MR) is 91.3 cm³/mol. The number of aryl methyl sites for hydroxylation is 1. The van der Waals surface area contributed by atoms with Crippen LogP contribution in [0.15, 0.2) is 36.4 Å². The van der Waals surface area contributed by atoms with E-state index in [0.717, 1.165) is 25.1 Å². The van der Waals surface area contributed by atoms with Crippen molar-refractivity contribution in [3.05, 3.63) is 42.0 Å². The van der Waals surface area contributed by atoms with Gasteiger partial charge in [0.2, 0.25) is 5.91 Å². The van der Waals surface area contributed by atoms with E-state index >= 15 is 0 Å². The van der Waals surface area contributed by atoms with Crippen molar-refractivity contribution >= 4 is 16.7 Å². The molecule has 0 unspecified atom stereocenters. The van der Waals surface area contributed by atoms with E-state index in [2.05, 4.69) is 49.5 Å². The zero-order chi connectivity index (χ0) is 15.9. The maximum Gasteiger partial charge on any atom is 0.220 e. The average molecular weight is 299 g/mol. The zero-order valence-electron chi connectivity index (χ0n) is 13.7. The van der Waals surface area contributed by atoms with Gasteiger partial charge in [-0.1, -0.05) is 38.1 Å². The summed E-state index contributed by atoms with van der Waals surface area (Å²) in [5, 5.41) is 5.39. The van der Waals surface area contributed by atoms with Crippen LogP contribution in [0.3, 0.4) is 0 Å². The maximum absolute atomic E-state index is 11.8. The average Bonchev–Trinajstić information content (AvgIpc) is 2.52. The van der Waals surface area contributed by atoms with E-state index in [-0.39, 0.29) is 5.91 Å². The second kappa shape index (κ2) is 7.83. The predicted octanol–water partition coefficient (Wildman–Crippen LogP) is 3.94. The summed E-state index contributed by atoms with van der Waals surface area (Å²) in [5.41, 5.74) is 1.27. The quantitative estimate of drug-likeness (QED) is 0.841. The number of rotatable bonds is 7. The molecular weight excluding hydrogens is 274 g/mol. The molecule has 0 atom stereocenters. The minimum Gasteiger partial charge on any atom is -0.497 e. The molecule has 0 saturated heterocycles. The van der Waals surface area contributed by atoms with Gasteiger partial charge >= 0.3 is 0 Å². The Balaban J connectivity index is 1.98. The third-order valence-electron chi connectivity index (χ3n) is 3.74. The molecule has 0 saturated carbocycles. The summed E-state index contributed by atoms with van der Waals surface area (Å²) in [6.07, 6.45) is 2.34. The molecule has 0 radical (unpaired) electrons. The number of carbonyl (C=O) groups is 1. The Morgan fingerprint density at radius 3 is 2.77 bits per heavy atom. The van der Waals surface area contributed by atoms with Crippen LogP contribution in [-0.2, 0) is 11.2 Å². The number of nitrogens with one attached hydrogen (secondary N) is 1. The molecule has 2 aromatic rings. The van der Waals surface area contributed by atoms with Gasteiger partial charge in [-0.3, -0.25) is 4.79 Å². The van der Waals surface area contributed by atoms with Crippen LogP contribution < -0.4 is 10.1 Å².